The van der Waals surface area contributed by atoms with E-state index in [1.54, 1.807) is 22.3 Å². The van der Waals surface area contributed by atoms with Crippen LogP contribution in [0, 0.1) is 17.8 Å². The molecule has 5 rings (SSSR count). The molecule has 0 bridgehead atoms. The molecule has 2 aromatic carbocycles. The Morgan fingerprint density at radius 1 is 0.861 bits per heavy atom. The molecular weight excluding hydrogens is 436 g/mol. The minimum atomic E-state index is 0.129. The number of anilines is 3. The van der Waals surface area contributed by atoms with E-state index in [9.17, 15) is 0 Å². The Morgan fingerprint density at radius 3 is 2.11 bits per heavy atom. The topological polar surface area (TPSA) is 6.48 Å². The quantitative estimate of drug-likeness (QED) is 0.375. The smallest absolute Gasteiger partial charge is 0.112 e. The number of unbranched alkanes of at least 4 members (excludes halogenated alkanes) is 2. The van der Waals surface area contributed by atoms with Crippen molar-refractivity contribution in [3.05, 3.63) is 52.6 Å². The van der Waals surface area contributed by atoms with Crippen LogP contribution in [0.15, 0.2) is 30.3 Å². The summed E-state index contributed by atoms with van der Waals surface area (Å²) in [5, 5.41) is 0. The minimum absolute atomic E-state index is 0.129. The minimum Gasteiger partial charge on any atom is -0.352 e. The Bertz CT molecular complexity index is 1170. The first-order valence-corrected chi connectivity index (χ1v) is 14.7. The van der Waals surface area contributed by atoms with Crippen LogP contribution in [0.4, 0.5) is 17.1 Å². The second-order valence-corrected chi connectivity index (χ2v) is 13.6. The molecule has 0 saturated heterocycles. The summed E-state index contributed by atoms with van der Waals surface area (Å²) in [6, 6.07) is 11.8. The van der Waals surface area contributed by atoms with Gasteiger partial charge in [-0.2, -0.15) is 0 Å². The predicted molar refractivity (Wildman–Crippen MR) is 157 cm³/mol. The molecule has 196 valence electrons. The molecule has 36 heavy (non-hydrogen) atoms. The zero-order valence-electron chi connectivity index (χ0n) is 24.8. The molecule has 2 unspecified atom stereocenters. The molecule has 0 aromatic heterocycles. The second kappa shape index (κ2) is 8.27. The molecule has 2 atom stereocenters. The number of para-hydroxylation sites is 2. The van der Waals surface area contributed by atoms with Crippen molar-refractivity contribution >= 4 is 17.1 Å². The van der Waals surface area contributed by atoms with Crippen LogP contribution in [0.25, 0.3) is 0 Å². The van der Waals surface area contributed by atoms with E-state index in [1.165, 1.54) is 62.0 Å². The van der Waals surface area contributed by atoms with Gasteiger partial charge in [-0.3, -0.25) is 0 Å². The predicted octanol–water partition coefficient (Wildman–Crippen LogP) is 9.43. The summed E-state index contributed by atoms with van der Waals surface area (Å²) in [7, 11) is 2.33. The van der Waals surface area contributed by atoms with E-state index in [-0.39, 0.29) is 21.7 Å². The first-order valence-electron chi connectivity index (χ1n) is 14.7. The van der Waals surface area contributed by atoms with Gasteiger partial charge in [0.15, 0.2) is 0 Å². The molecule has 2 heteroatoms. The average molecular weight is 487 g/mol. The van der Waals surface area contributed by atoms with Gasteiger partial charge in [-0.15, -0.1) is 0 Å². The lowest BCUT2D eigenvalue weighted by Crippen LogP contribution is -2.55. The lowest BCUT2D eigenvalue weighted by molar-refractivity contribution is 0.0837. The highest BCUT2D eigenvalue weighted by atomic mass is 15.4. The largest absolute Gasteiger partial charge is 0.352 e. The van der Waals surface area contributed by atoms with Gasteiger partial charge in [0.05, 0.1) is 11.4 Å². The molecule has 0 radical (unpaired) electrons. The fourth-order valence-corrected chi connectivity index (χ4v) is 8.94. The van der Waals surface area contributed by atoms with Crippen molar-refractivity contribution < 1.29 is 0 Å². The van der Waals surface area contributed by atoms with E-state index in [0.29, 0.717) is 6.17 Å². The first-order chi connectivity index (χ1) is 16.9. The van der Waals surface area contributed by atoms with Crippen molar-refractivity contribution in [2.45, 2.75) is 124 Å². The highest BCUT2D eigenvalue weighted by Gasteiger charge is 2.61. The third-order valence-corrected chi connectivity index (χ3v) is 11.9. The molecule has 0 amide bonds. The average Bonchev–Trinajstić information content (AvgIpc) is 3.21. The van der Waals surface area contributed by atoms with Gasteiger partial charge < -0.3 is 9.80 Å². The van der Waals surface area contributed by atoms with Gasteiger partial charge in [-0.1, -0.05) is 86.8 Å². The van der Waals surface area contributed by atoms with E-state index in [2.05, 4.69) is 109 Å². The van der Waals surface area contributed by atoms with Gasteiger partial charge in [0.2, 0.25) is 0 Å². The van der Waals surface area contributed by atoms with Crippen LogP contribution in [0.5, 0.6) is 0 Å². The van der Waals surface area contributed by atoms with Crippen LogP contribution in [0.2, 0.25) is 0 Å². The van der Waals surface area contributed by atoms with E-state index >= 15 is 0 Å². The fraction of sp³-hybridized carbons (Fsp3) is 0.647. The summed E-state index contributed by atoms with van der Waals surface area (Å²) in [6.07, 6.45) is 9.20. The molecule has 3 aliphatic rings. The molecule has 2 aromatic rings. The van der Waals surface area contributed by atoms with Crippen LogP contribution in [-0.2, 0) is 17.3 Å². The van der Waals surface area contributed by atoms with Crippen LogP contribution >= 0.6 is 0 Å². The Morgan fingerprint density at radius 2 is 1.50 bits per heavy atom. The Hall–Kier alpha value is -1.96. The number of rotatable bonds is 6. The van der Waals surface area contributed by atoms with Gasteiger partial charge in [0.1, 0.15) is 6.17 Å². The summed E-state index contributed by atoms with van der Waals surface area (Å²) in [4.78, 5) is 5.32. The van der Waals surface area contributed by atoms with E-state index in [4.69, 9.17) is 0 Å². The van der Waals surface area contributed by atoms with Gasteiger partial charge >= 0.3 is 0 Å². The first kappa shape index (κ1) is 25.7. The molecule has 1 aliphatic carbocycles. The van der Waals surface area contributed by atoms with Gasteiger partial charge in [-0.25, -0.2) is 0 Å². The van der Waals surface area contributed by atoms with E-state index < -0.39 is 0 Å². The lowest BCUT2D eigenvalue weighted by Gasteiger charge is -2.51. The molecule has 0 fully saturated rings. The summed E-state index contributed by atoms with van der Waals surface area (Å²) < 4.78 is 0. The van der Waals surface area contributed by atoms with Crippen molar-refractivity contribution in [3.63, 3.8) is 0 Å². The van der Waals surface area contributed by atoms with Crippen molar-refractivity contribution in [1.82, 2.24) is 0 Å². The van der Waals surface area contributed by atoms with Crippen LogP contribution in [0.3, 0.4) is 0 Å². The van der Waals surface area contributed by atoms with Crippen molar-refractivity contribution in [3.8, 4) is 0 Å². The SMILES string of the molecule is CCCCCC1(C)C(C)(C)c2cc3c(c(C)c2C1(C)C)CC(CC)(CC)C1N(C)c2ccccc2N31. The van der Waals surface area contributed by atoms with Crippen molar-refractivity contribution in [1.29, 1.82) is 0 Å². The summed E-state index contributed by atoms with van der Waals surface area (Å²) in [5.74, 6) is 0. The number of benzene rings is 2. The number of hydrogen-bond acceptors (Lipinski definition) is 2. The maximum atomic E-state index is 2.74. The molecule has 2 nitrogen and oxygen atoms in total. The molecule has 0 N–H and O–H groups in total. The second-order valence-electron chi connectivity index (χ2n) is 13.6. The Balaban J connectivity index is 1.77. The lowest BCUT2D eigenvalue weighted by atomic mass is 9.56. The van der Waals surface area contributed by atoms with Gasteiger partial charge in [0, 0.05) is 18.2 Å². The summed E-state index contributed by atoms with van der Waals surface area (Å²) in [6.45, 7) is 22.5. The Labute approximate surface area is 221 Å². The summed E-state index contributed by atoms with van der Waals surface area (Å²) >= 11 is 0. The third-order valence-electron chi connectivity index (χ3n) is 11.9. The molecule has 0 saturated carbocycles. The van der Waals surface area contributed by atoms with Crippen LogP contribution in [0.1, 0.15) is 116 Å². The van der Waals surface area contributed by atoms with Crippen LogP contribution in [-0.4, -0.2) is 13.2 Å². The summed E-state index contributed by atoms with van der Waals surface area (Å²) in [5.41, 5.74) is 11.4. The van der Waals surface area contributed by atoms with Crippen molar-refractivity contribution in [2.24, 2.45) is 10.8 Å². The highest BCUT2D eigenvalue weighted by molar-refractivity contribution is 5.87. The number of nitrogens with zero attached hydrogens (tertiary/aromatic N) is 2. The van der Waals surface area contributed by atoms with E-state index in [0.717, 1.165) is 0 Å². The monoisotopic (exact) mass is 486 g/mol. The zero-order chi connectivity index (χ0) is 26.3. The van der Waals surface area contributed by atoms with E-state index in [1.807, 2.05) is 0 Å². The zero-order valence-corrected chi connectivity index (χ0v) is 24.8. The molecule has 2 heterocycles. The maximum absolute atomic E-state index is 2.74. The number of hydrogen-bond donors (Lipinski definition) is 0. The fourth-order valence-electron chi connectivity index (χ4n) is 8.94. The van der Waals surface area contributed by atoms with Crippen LogP contribution < -0.4 is 9.80 Å². The number of fused-ring (bicyclic) bond motifs is 6. The maximum Gasteiger partial charge on any atom is 0.112 e. The molecule has 2 aliphatic heterocycles. The highest BCUT2D eigenvalue weighted by Crippen LogP contribution is 2.67. The molecular formula is C34H50N2. The van der Waals surface area contributed by atoms with Crippen molar-refractivity contribution in [2.75, 3.05) is 16.8 Å². The Kier molecular flexibility index (Phi) is 5.90. The van der Waals surface area contributed by atoms with Gasteiger partial charge in [0.25, 0.3) is 0 Å². The third kappa shape index (κ3) is 2.96. The standard InChI is InChI=1S/C34H50N2/c1-11-14-17-20-33(9)31(5,6)25-21-28-24(23(4)29(25)32(33,7)8)22-34(12-2,13-3)30-35(10)26-18-15-16-19-27(26)36(28)30/h15-16,18-19,21,30H,11-14,17,20,22H2,1-10H3. The molecule has 0 spiro atoms. The van der Waals surface area contributed by atoms with Gasteiger partial charge in [-0.05, 0) is 89.3 Å². The normalized spacial score (nSPS) is 26.4.